The molecule has 1 atom stereocenters. The Morgan fingerprint density at radius 3 is 2.94 bits per heavy atom. The maximum atomic E-state index is 5.79. The first kappa shape index (κ1) is 12.4. The van der Waals surface area contributed by atoms with Crippen LogP contribution in [0.5, 0.6) is 0 Å². The highest BCUT2D eigenvalue weighted by Gasteiger charge is 2.22. The zero-order chi connectivity index (χ0) is 12.3. The molecule has 0 aromatic carbocycles. The van der Waals surface area contributed by atoms with Crippen molar-refractivity contribution < 1.29 is 0 Å². The van der Waals surface area contributed by atoms with E-state index in [2.05, 4.69) is 29.5 Å². The number of hydrogen-bond donors (Lipinski definition) is 1. The smallest absolute Gasteiger partial charge is 0.205 e. The SMILES string of the molecule is CCc1cn(CC)c(N2CCCC(CN)C2)n1. The summed E-state index contributed by atoms with van der Waals surface area (Å²) in [5.74, 6) is 1.78. The van der Waals surface area contributed by atoms with Crippen LogP contribution in [-0.4, -0.2) is 29.2 Å². The van der Waals surface area contributed by atoms with Crippen LogP contribution in [-0.2, 0) is 13.0 Å². The van der Waals surface area contributed by atoms with Gasteiger partial charge in [0.05, 0.1) is 5.69 Å². The molecular formula is C13H24N4. The molecule has 1 aromatic heterocycles. The second-order valence-electron chi connectivity index (χ2n) is 4.86. The molecule has 1 aliphatic heterocycles. The number of aromatic nitrogens is 2. The van der Waals surface area contributed by atoms with Crippen molar-refractivity contribution in [2.45, 2.75) is 39.7 Å². The molecule has 2 heterocycles. The lowest BCUT2D eigenvalue weighted by Crippen LogP contribution is -2.39. The fraction of sp³-hybridized carbons (Fsp3) is 0.769. The Morgan fingerprint density at radius 2 is 2.29 bits per heavy atom. The summed E-state index contributed by atoms with van der Waals surface area (Å²) in [7, 11) is 0. The molecule has 0 spiro atoms. The van der Waals surface area contributed by atoms with E-state index in [1.54, 1.807) is 0 Å². The second-order valence-corrected chi connectivity index (χ2v) is 4.86. The van der Waals surface area contributed by atoms with E-state index in [1.165, 1.54) is 18.5 Å². The fourth-order valence-corrected chi connectivity index (χ4v) is 2.55. The minimum atomic E-state index is 0.635. The van der Waals surface area contributed by atoms with Gasteiger partial charge in [-0.05, 0) is 38.6 Å². The van der Waals surface area contributed by atoms with Gasteiger partial charge in [0, 0.05) is 25.8 Å². The molecule has 2 rings (SSSR count). The quantitative estimate of drug-likeness (QED) is 0.864. The summed E-state index contributed by atoms with van der Waals surface area (Å²) < 4.78 is 2.26. The number of rotatable bonds is 4. The average Bonchev–Trinajstić information content (AvgIpc) is 2.82. The van der Waals surface area contributed by atoms with Crippen molar-refractivity contribution in [1.29, 1.82) is 0 Å². The first-order valence-electron chi connectivity index (χ1n) is 6.79. The second kappa shape index (κ2) is 5.54. The number of nitrogens with zero attached hydrogens (tertiary/aromatic N) is 3. The number of hydrogen-bond acceptors (Lipinski definition) is 3. The van der Waals surface area contributed by atoms with Crippen LogP contribution in [0, 0.1) is 5.92 Å². The molecule has 1 fully saturated rings. The molecule has 0 aliphatic carbocycles. The van der Waals surface area contributed by atoms with E-state index in [9.17, 15) is 0 Å². The summed E-state index contributed by atoms with van der Waals surface area (Å²) in [6.45, 7) is 8.31. The van der Waals surface area contributed by atoms with Crippen molar-refractivity contribution in [3.8, 4) is 0 Å². The number of imidazole rings is 1. The third-order valence-corrected chi connectivity index (χ3v) is 3.64. The first-order chi connectivity index (χ1) is 8.28. The van der Waals surface area contributed by atoms with Crippen molar-refractivity contribution >= 4 is 5.95 Å². The highest BCUT2D eigenvalue weighted by molar-refractivity contribution is 5.34. The normalized spacial score (nSPS) is 20.9. The van der Waals surface area contributed by atoms with E-state index in [4.69, 9.17) is 10.7 Å². The lowest BCUT2D eigenvalue weighted by Gasteiger charge is -2.33. The summed E-state index contributed by atoms with van der Waals surface area (Å²) >= 11 is 0. The third kappa shape index (κ3) is 2.63. The predicted molar refractivity (Wildman–Crippen MR) is 71.3 cm³/mol. The zero-order valence-corrected chi connectivity index (χ0v) is 11.0. The molecule has 4 heteroatoms. The highest BCUT2D eigenvalue weighted by atomic mass is 15.3. The van der Waals surface area contributed by atoms with Gasteiger partial charge in [-0.25, -0.2) is 4.98 Å². The number of piperidine rings is 1. The highest BCUT2D eigenvalue weighted by Crippen LogP contribution is 2.22. The van der Waals surface area contributed by atoms with Gasteiger partial charge < -0.3 is 15.2 Å². The molecule has 0 amide bonds. The molecule has 4 nitrogen and oxygen atoms in total. The first-order valence-corrected chi connectivity index (χ1v) is 6.79. The Hall–Kier alpha value is -1.03. The van der Waals surface area contributed by atoms with E-state index in [-0.39, 0.29) is 0 Å². The Morgan fingerprint density at radius 1 is 1.47 bits per heavy atom. The third-order valence-electron chi connectivity index (χ3n) is 3.64. The molecule has 1 saturated heterocycles. The van der Waals surface area contributed by atoms with Crippen LogP contribution in [0.4, 0.5) is 5.95 Å². The van der Waals surface area contributed by atoms with Gasteiger partial charge in [0.25, 0.3) is 0 Å². The maximum absolute atomic E-state index is 5.79. The summed E-state index contributed by atoms with van der Waals surface area (Å²) in [5, 5.41) is 0. The van der Waals surface area contributed by atoms with Gasteiger partial charge >= 0.3 is 0 Å². The molecule has 0 radical (unpaired) electrons. The monoisotopic (exact) mass is 236 g/mol. The van der Waals surface area contributed by atoms with Gasteiger partial charge in [-0.15, -0.1) is 0 Å². The van der Waals surface area contributed by atoms with Crippen LogP contribution in [0.15, 0.2) is 6.20 Å². The largest absolute Gasteiger partial charge is 0.342 e. The molecule has 0 saturated carbocycles. The summed E-state index contributed by atoms with van der Waals surface area (Å²) in [4.78, 5) is 7.15. The van der Waals surface area contributed by atoms with Gasteiger partial charge in [-0.3, -0.25) is 0 Å². The van der Waals surface area contributed by atoms with Gasteiger partial charge in [0.1, 0.15) is 0 Å². The lowest BCUT2D eigenvalue weighted by atomic mass is 9.99. The van der Waals surface area contributed by atoms with Crippen molar-refractivity contribution in [3.05, 3.63) is 11.9 Å². The predicted octanol–water partition coefficient (Wildman–Crippen LogP) is 1.64. The Bertz CT molecular complexity index is 358. The minimum absolute atomic E-state index is 0.635. The van der Waals surface area contributed by atoms with Crippen LogP contribution >= 0.6 is 0 Å². The van der Waals surface area contributed by atoms with Gasteiger partial charge in [-0.1, -0.05) is 6.92 Å². The van der Waals surface area contributed by atoms with Crippen LogP contribution in [0.25, 0.3) is 0 Å². The fourth-order valence-electron chi connectivity index (χ4n) is 2.55. The Labute approximate surface area is 104 Å². The standard InChI is InChI=1S/C13H24N4/c1-3-12-10-16(4-2)13(15-12)17-7-5-6-11(8-14)9-17/h10-11H,3-9,14H2,1-2H3. The molecule has 1 unspecified atom stereocenters. The topological polar surface area (TPSA) is 47.1 Å². The zero-order valence-electron chi connectivity index (χ0n) is 11.0. The van der Waals surface area contributed by atoms with E-state index in [1.807, 2.05) is 0 Å². The summed E-state index contributed by atoms with van der Waals surface area (Å²) in [6, 6.07) is 0. The Balaban J connectivity index is 2.17. The van der Waals surface area contributed by atoms with E-state index in [0.717, 1.165) is 38.5 Å². The van der Waals surface area contributed by atoms with Crippen molar-refractivity contribution in [2.24, 2.45) is 11.7 Å². The van der Waals surface area contributed by atoms with Crippen molar-refractivity contribution in [3.63, 3.8) is 0 Å². The van der Waals surface area contributed by atoms with Crippen molar-refractivity contribution in [1.82, 2.24) is 9.55 Å². The minimum Gasteiger partial charge on any atom is -0.342 e. The molecular weight excluding hydrogens is 212 g/mol. The number of nitrogens with two attached hydrogens (primary N) is 1. The molecule has 96 valence electrons. The van der Waals surface area contributed by atoms with Gasteiger partial charge in [0.2, 0.25) is 5.95 Å². The number of aryl methyl sites for hydroxylation is 2. The molecule has 0 bridgehead atoms. The van der Waals surface area contributed by atoms with E-state index in [0.29, 0.717) is 5.92 Å². The molecule has 1 aliphatic rings. The molecule has 17 heavy (non-hydrogen) atoms. The van der Waals surface area contributed by atoms with Crippen molar-refractivity contribution in [2.75, 3.05) is 24.5 Å². The lowest BCUT2D eigenvalue weighted by molar-refractivity contribution is 0.416. The molecule has 2 N–H and O–H groups in total. The number of anilines is 1. The van der Waals surface area contributed by atoms with E-state index >= 15 is 0 Å². The van der Waals surface area contributed by atoms with Gasteiger partial charge in [0.15, 0.2) is 0 Å². The molecule has 1 aromatic rings. The van der Waals surface area contributed by atoms with Crippen LogP contribution < -0.4 is 10.6 Å². The van der Waals surface area contributed by atoms with Crippen LogP contribution in [0.2, 0.25) is 0 Å². The van der Waals surface area contributed by atoms with E-state index < -0.39 is 0 Å². The average molecular weight is 236 g/mol. The Kier molecular flexibility index (Phi) is 4.05. The summed E-state index contributed by atoms with van der Waals surface area (Å²) in [6.07, 6.45) is 5.69. The van der Waals surface area contributed by atoms with Crippen LogP contribution in [0.3, 0.4) is 0 Å². The summed E-state index contributed by atoms with van der Waals surface area (Å²) in [5.41, 5.74) is 6.98. The maximum Gasteiger partial charge on any atom is 0.205 e. The van der Waals surface area contributed by atoms with Gasteiger partial charge in [-0.2, -0.15) is 0 Å². The van der Waals surface area contributed by atoms with Crippen LogP contribution in [0.1, 0.15) is 32.4 Å².